The van der Waals surface area contributed by atoms with Crippen LogP contribution < -0.4 is 4.90 Å². The van der Waals surface area contributed by atoms with E-state index in [4.69, 9.17) is 0 Å². The van der Waals surface area contributed by atoms with E-state index >= 15 is 0 Å². The number of anilines is 1. The zero-order chi connectivity index (χ0) is 16.2. The van der Waals surface area contributed by atoms with E-state index in [0.29, 0.717) is 5.82 Å². The van der Waals surface area contributed by atoms with Gasteiger partial charge in [0.25, 0.3) is 5.91 Å². The number of nitrogens with zero attached hydrogens (tertiary/aromatic N) is 5. The van der Waals surface area contributed by atoms with Crippen molar-refractivity contribution in [2.24, 2.45) is 0 Å². The van der Waals surface area contributed by atoms with Crippen molar-refractivity contribution in [3.05, 3.63) is 60.7 Å². The summed E-state index contributed by atoms with van der Waals surface area (Å²) in [7, 11) is 1.74. The molecule has 0 N–H and O–H groups in total. The van der Waals surface area contributed by atoms with Crippen LogP contribution in [0.1, 0.15) is 13.0 Å². The Morgan fingerprint density at radius 3 is 2.30 bits per heavy atom. The molecule has 0 radical (unpaired) electrons. The summed E-state index contributed by atoms with van der Waals surface area (Å²) in [4.78, 5) is 15.5. The molecule has 116 valence electrons. The molecule has 6 nitrogen and oxygen atoms in total. The van der Waals surface area contributed by atoms with Crippen molar-refractivity contribution in [3.8, 4) is 11.4 Å². The summed E-state index contributed by atoms with van der Waals surface area (Å²) in [5, 5.41) is 12.4. The number of benzene rings is 2. The van der Waals surface area contributed by atoms with Gasteiger partial charge in [0.2, 0.25) is 5.82 Å². The monoisotopic (exact) mass is 307 g/mol. The molecule has 3 rings (SSSR count). The maximum Gasteiger partial charge on any atom is 0.253 e. The molecule has 1 amide bonds. The molecule has 0 aliphatic carbocycles. The number of likely N-dealkylation sites (N-methyl/N-ethyl adjacent to an activating group) is 1. The van der Waals surface area contributed by atoms with Crippen LogP contribution in [-0.4, -0.2) is 33.2 Å². The highest BCUT2D eigenvalue weighted by atomic mass is 16.2. The molecule has 0 spiro atoms. The topological polar surface area (TPSA) is 63.9 Å². The van der Waals surface area contributed by atoms with Crippen LogP contribution in [0.2, 0.25) is 0 Å². The third-order valence-electron chi connectivity index (χ3n) is 3.64. The van der Waals surface area contributed by atoms with Crippen LogP contribution in [0, 0.1) is 0 Å². The van der Waals surface area contributed by atoms with Crippen molar-refractivity contribution < 1.29 is 4.79 Å². The van der Waals surface area contributed by atoms with Gasteiger partial charge < -0.3 is 4.90 Å². The van der Waals surface area contributed by atoms with Gasteiger partial charge in [0.1, 0.15) is 6.04 Å². The first kappa shape index (κ1) is 14.9. The minimum absolute atomic E-state index is 0.104. The standard InChI is InChI=1S/C17H17N5O/c1-13(17(23)21(2)15-11-7-4-8-12-15)22-19-16(18-20-22)14-9-5-3-6-10-14/h3-13H,1-2H3. The molecule has 0 bridgehead atoms. The van der Waals surface area contributed by atoms with E-state index in [9.17, 15) is 4.79 Å². The zero-order valence-corrected chi connectivity index (χ0v) is 13.0. The van der Waals surface area contributed by atoms with Crippen LogP contribution >= 0.6 is 0 Å². The number of carbonyl (C=O) groups is 1. The smallest absolute Gasteiger partial charge is 0.253 e. The summed E-state index contributed by atoms with van der Waals surface area (Å²) in [5.41, 5.74) is 1.70. The summed E-state index contributed by atoms with van der Waals surface area (Å²) in [5.74, 6) is 0.404. The van der Waals surface area contributed by atoms with E-state index in [1.54, 1.807) is 18.9 Å². The van der Waals surface area contributed by atoms with Crippen molar-refractivity contribution in [3.63, 3.8) is 0 Å². The number of rotatable bonds is 4. The molecule has 1 aromatic heterocycles. The second kappa shape index (κ2) is 6.39. The van der Waals surface area contributed by atoms with Gasteiger partial charge in [-0.15, -0.1) is 10.2 Å². The number of hydrogen-bond acceptors (Lipinski definition) is 4. The number of carbonyl (C=O) groups excluding carboxylic acids is 1. The number of hydrogen-bond donors (Lipinski definition) is 0. The molecule has 2 aromatic carbocycles. The van der Waals surface area contributed by atoms with Crippen LogP contribution in [0.25, 0.3) is 11.4 Å². The minimum Gasteiger partial charge on any atom is -0.314 e. The molecular weight excluding hydrogens is 290 g/mol. The zero-order valence-electron chi connectivity index (χ0n) is 13.0. The van der Waals surface area contributed by atoms with E-state index in [1.807, 2.05) is 60.7 Å². The van der Waals surface area contributed by atoms with Gasteiger partial charge in [-0.3, -0.25) is 4.79 Å². The largest absolute Gasteiger partial charge is 0.314 e. The normalized spacial score (nSPS) is 11.9. The van der Waals surface area contributed by atoms with Gasteiger partial charge in [-0.25, -0.2) is 0 Å². The second-order valence-electron chi connectivity index (χ2n) is 5.21. The van der Waals surface area contributed by atoms with Gasteiger partial charge in [-0.2, -0.15) is 4.80 Å². The first-order valence-electron chi connectivity index (χ1n) is 7.34. The molecule has 0 aliphatic heterocycles. The third kappa shape index (κ3) is 3.11. The highest BCUT2D eigenvalue weighted by Crippen LogP contribution is 2.17. The summed E-state index contributed by atoms with van der Waals surface area (Å²) < 4.78 is 0. The molecule has 23 heavy (non-hydrogen) atoms. The molecular formula is C17H17N5O. The van der Waals surface area contributed by atoms with Crippen LogP contribution in [0.5, 0.6) is 0 Å². The maximum absolute atomic E-state index is 12.6. The average Bonchev–Trinajstić information content (AvgIpc) is 3.11. The summed E-state index contributed by atoms with van der Waals surface area (Å²) >= 11 is 0. The maximum atomic E-state index is 12.6. The van der Waals surface area contributed by atoms with Crippen LogP contribution in [-0.2, 0) is 4.79 Å². The first-order chi connectivity index (χ1) is 11.2. The quantitative estimate of drug-likeness (QED) is 0.743. The highest BCUT2D eigenvalue weighted by molar-refractivity contribution is 5.95. The van der Waals surface area contributed by atoms with E-state index in [2.05, 4.69) is 15.4 Å². The molecule has 0 fully saturated rings. The van der Waals surface area contributed by atoms with Gasteiger partial charge in [-0.1, -0.05) is 48.5 Å². The van der Waals surface area contributed by atoms with Crippen molar-refractivity contribution >= 4 is 11.6 Å². The highest BCUT2D eigenvalue weighted by Gasteiger charge is 2.23. The lowest BCUT2D eigenvalue weighted by molar-refractivity contribution is -0.121. The van der Waals surface area contributed by atoms with E-state index < -0.39 is 6.04 Å². The fourth-order valence-electron chi connectivity index (χ4n) is 2.25. The fourth-order valence-corrected chi connectivity index (χ4v) is 2.25. The number of aromatic nitrogens is 4. The van der Waals surface area contributed by atoms with Crippen molar-refractivity contribution in [2.75, 3.05) is 11.9 Å². The molecule has 0 saturated heterocycles. The van der Waals surface area contributed by atoms with Crippen LogP contribution in [0.15, 0.2) is 60.7 Å². The SMILES string of the molecule is CC(C(=O)N(C)c1ccccc1)n1nnc(-c2ccccc2)n1. The lowest BCUT2D eigenvalue weighted by Crippen LogP contribution is -2.34. The molecule has 0 aliphatic rings. The van der Waals surface area contributed by atoms with E-state index in [1.165, 1.54) is 4.80 Å². The van der Waals surface area contributed by atoms with Gasteiger partial charge in [0.05, 0.1) is 0 Å². The predicted octanol–water partition coefficient (Wildman–Crippen LogP) is 2.56. The summed E-state index contributed by atoms with van der Waals surface area (Å²) in [6.45, 7) is 1.76. The second-order valence-corrected chi connectivity index (χ2v) is 5.21. The Balaban J connectivity index is 1.79. The molecule has 0 saturated carbocycles. The Morgan fingerprint density at radius 1 is 1.04 bits per heavy atom. The molecule has 6 heteroatoms. The van der Waals surface area contributed by atoms with Crippen molar-refractivity contribution in [1.82, 2.24) is 20.2 Å². The van der Waals surface area contributed by atoms with Crippen LogP contribution in [0.3, 0.4) is 0 Å². The predicted molar refractivity (Wildman–Crippen MR) is 87.8 cm³/mol. The Bertz CT molecular complexity index is 785. The van der Waals surface area contributed by atoms with Gasteiger partial charge in [-0.05, 0) is 24.3 Å². The Kier molecular flexibility index (Phi) is 4.14. The molecule has 1 heterocycles. The van der Waals surface area contributed by atoms with Gasteiger partial charge in [0, 0.05) is 18.3 Å². The Hall–Kier alpha value is -3.02. The average molecular weight is 307 g/mol. The molecule has 1 atom stereocenters. The Morgan fingerprint density at radius 2 is 1.65 bits per heavy atom. The van der Waals surface area contributed by atoms with Gasteiger partial charge in [0.15, 0.2) is 0 Å². The lowest BCUT2D eigenvalue weighted by Gasteiger charge is -2.20. The number of tetrazole rings is 1. The Labute approximate surface area is 134 Å². The number of para-hydroxylation sites is 1. The number of amides is 1. The molecule has 1 unspecified atom stereocenters. The van der Waals surface area contributed by atoms with E-state index in [-0.39, 0.29) is 5.91 Å². The first-order valence-corrected chi connectivity index (χ1v) is 7.34. The van der Waals surface area contributed by atoms with E-state index in [0.717, 1.165) is 11.3 Å². The van der Waals surface area contributed by atoms with Gasteiger partial charge >= 0.3 is 0 Å². The van der Waals surface area contributed by atoms with Crippen molar-refractivity contribution in [2.45, 2.75) is 13.0 Å². The van der Waals surface area contributed by atoms with Crippen molar-refractivity contribution in [1.29, 1.82) is 0 Å². The summed E-state index contributed by atoms with van der Waals surface area (Å²) in [6, 6.07) is 18.5. The lowest BCUT2D eigenvalue weighted by atomic mass is 10.2. The minimum atomic E-state index is -0.537. The fraction of sp³-hybridized carbons (Fsp3) is 0.176. The summed E-state index contributed by atoms with van der Waals surface area (Å²) in [6.07, 6.45) is 0. The van der Waals surface area contributed by atoms with Crippen LogP contribution in [0.4, 0.5) is 5.69 Å². The third-order valence-corrected chi connectivity index (χ3v) is 3.64. The molecule has 3 aromatic rings.